The first kappa shape index (κ1) is 19.8. The quantitative estimate of drug-likeness (QED) is 0.649. The largest absolute Gasteiger partial charge is 0.453 e. The molecule has 3 aliphatic heterocycles. The molecule has 31 heavy (non-hydrogen) atoms. The van der Waals surface area contributed by atoms with E-state index in [4.69, 9.17) is 4.74 Å². The molecular formula is C21H25N7O3. The Morgan fingerprint density at radius 2 is 1.97 bits per heavy atom. The highest BCUT2D eigenvalue weighted by atomic mass is 16.5. The van der Waals surface area contributed by atoms with E-state index in [0.29, 0.717) is 18.1 Å². The number of aromatic nitrogens is 5. The van der Waals surface area contributed by atoms with E-state index >= 15 is 0 Å². The third-order valence-corrected chi connectivity index (χ3v) is 6.72. The molecule has 0 bridgehead atoms. The van der Waals surface area contributed by atoms with Gasteiger partial charge in [-0.25, -0.2) is 9.78 Å². The Labute approximate surface area is 179 Å². The number of rotatable bonds is 5. The highest BCUT2D eigenvalue weighted by Crippen LogP contribution is 2.43. The summed E-state index contributed by atoms with van der Waals surface area (Å²) in [5.74, 6) is 0.495. The summed E-state index contributed by atoms with van der Waals surface area (Å²) in [5, 5.41) is 11.1. The second-order valence-corrected chi connectivity index (χ2v) is 8.51. The van der Waals surface area contributed by atoms with Crippen molar-refractivity contribution in [2.24, 2.45) is 5.41 Å². The molecule has 162 valence electrons. The Balaban J connectivity index is 1.14. The predicted molar refractivity (Wildman–Crippen MR) is 109 cm³/mol. The second kappa shape index (κ2) is 7.84. The zero-order chi connectivity index (χ0) is 21.4. The van der Waals surface area contributed by atoms with Crippen LogP contribution < -0.4 is 0 Å². The van der Waals surface area contributed by atoms with E-state index in [1.807, 2.05) is 25.3 Å². The van der Waals surface area contributed by atoms with Gasteiger partial charge in [-0.2, -0.15) is 4.68 Å². The molecule has 0 aromatic carbocycles. The Hall–Kier alpha value is -3.14. The van der Waals surface area contributed by atoms with Gasteiger partial charge in [0.15, 0.2) is 5.82 Å². The molecule has 0 N–H and O–H groups in total. The van der Waals surface area contributed by atoms with Gasteiger partial charge in [-0.05, 0) is 67.8 Å². The molecule has 5 rings (SSSR count). The van der Waals surface area contributed by atoms with Gasteiger partial charge in [-0.1, -0.05) is 6.07 Å². The number of piperidine rings is 1. The fraction of sp³-hybridized carbons (Fsp3) is 0.524. The van der Waals surface area contributed by atoms with Gasteiger partial charge in [0.1, 0.15) is 12.4 Å². The summed E-state index contributed by atoms with van der Waals surface area (Å²) in [6.45, 7) is 5.23. The fourth-order valence-electron chi connectivity index (χ4n) is 4.79. The van der Waals surface area contributed by atoms with Crippen LogP contribution in [0.1, 0.15) is 31.7 Å². The minimum Gasteiger partial charge on any atom is -0.453 e. The lowest BCUT2D eigenvalue weighted by Gasteiger charge is -2.38. The maximum Gasteiger partial charge on any atom is 0.333 e. The van der Waals surface area contributed by atoms with Crippen LogP contribution in [0.3, 0.4) is 0 Å². The van der Waals surface area contributed by atoms with Crippen LogP contribution in [0.2, 0.25) is 0 Å². The monoisotopic (exact) mass is 423 g/mol. The lowest BCUT2D eigenvalue weighted by atomic mass is 9.77. The van der Waals surface area contributed by atoms with Crippen LogP contribution >= 0.6 is 0 Å². The first-order valence-corrected chi connectivity index (χ1v) is 10.7. The van der Waals surface area contributed by atoms with E-state index in [0.717, 1.165) is 50.9 Å². The van der Waals surface area contributed by atoms with Crippen molar-refractivity contribution in [3.8, 4) is 5.82 Å². The third kappa shape index (κ3) is 3.71. The van der Waals surface area contributed by atoms with Crippen molar-refractivity contribution >= 4 is 11.9 Å². The number of hydrogen-bond donors (Lipinski definition) is 0. The summed E-state index contributed by atoms with van der Waals surface area (Å²) >= 11 is 0. The molecule has 1 unspecified atom stereocenters. The van der Waals surface area contributed by atoms with Gasteiger partial charge in [-0.3, -0.25) is 4.79 Å². The second-order valence-electron chi connectivity index (χ2n) is 8.51. The lowest BCUT2D eigenvalue weighted by molar-refractivity contribution is -0.141. The van der Waals surface area contributed by atoms with E-state index in [1.165, 1.54) is 17.1 Å². The molecule has 5 heterocycles. The highest BCUT2D eigenvalue weighted by Gasteiger charge is 2.50. The zero-order valence-corrected chi connectivity index (χ0v) is 17.5. The molecule has 2 aromatic rings. The average molecular weight is 423 g/mol. The van der Waals surface area contributed by atoms with Crippen molar-refractivity contribution in [3.63, 3.8) is 0 Å². The van der Waals surface area contributed by atoms with Crippen molar-refractivity contribution < 1.29 is 14.3 Å². The standard InChI is InChI=1S/C21H25N7O3/c1-15-17(12-19(29)31-15)27-11-7-21(20(27)30)5-9-26(10-6-21)8-4-16-2-3-18(22-13-16)28-14-23-24-25-28/h2-3,12-15H,4-11H2,1H3. The molecule has 3 aliphatic rings. The molecular weight excluding hydrogens is 398 g/mol. The van der Waals surface area contributed by atoms with Gasteiger partial charge >= 0.3 is 5.97 Å². The molecule has 2 saturated heterocycles. The van der Waals surface area contributed by atoms with Crippen LogP contribution in [0.4, 0.5) is 0 Å². The van der Waals surface area contributed by atoms with E-state index in [1.54, 1.807) is 4.90 Å². The number of nitrogens with zero attached hydrogens (tertiary/aromatic N) is 7. The number of esters is 1. The first-order chi connectivity index (χ1) is 15.0. The molecule has 1 spiro atoms. The number of carbonyl (C=O) groups is 2. The third-order valence-electron chi connectivity index (χ3n) is 6.72. The molecule has 10 heteroatoms. The predicted octanol–water partition coefficient (Wildman–Crippen LogP) is 0.743. The lowest BCUT2D eigenvalue weighted by Crippen LogP contribution is -2.45. The molecule has 1 atom stereocenters. The first-order valence-electron chi connectivity index (χ1n) is 10.7. The summed E-state index contributed by atoms with van der Waals surface area (Å²) in [6, 6.07) is 3.96. The Morgan fingerprint density at radius 3 is 2.61 bits per heavy atom. The summed E-state index contributed by atoms with van der Waals surface area (Å²) in [5.41, 5.74) is 1.58. The molecule has 0 aliphatic carbocycles. The fourth-order valence-corrected chi connectivity index (χ4v) is 4.79. The Bertz CT molecular complexity index is 994. The summed E-state index contributed by atoms with van der Waals surface area (Å²) in [6.07, 6.45) is 7.97. The van der Waals surface area contributed by atoms with Crippen molar-refractivity contribution in [2.45, 2.75) is 38.7 Å². The number of tetrazole rings is 1. The number of hydrogen-bond acceptors (Lipinski definition) is 8. The van der Waals surface area contributed by atoms with Gasteiger partial charge < -0.3 is 14.5 Å². The summed E-state index contributed by atoms with van der Waals surface area (Å²) in [4.78, 5) is 33.4. The van der Waals surface area contributed by atoms with E-state index in [-0.39, 0.29) is 23.4 Å². The topological polar surface area (TPSA) is 106 Å². The smallest absolute Gasteiger partial charge is 0.333 e. The van der Waals surface area contributed by atoms with Gasteiger partial charge in [0, 0.05) is 25.4 Å². The van der Waals surface area contributed by atoms with Crippen LogP contribution in [0.15, 0.2) is 36.4 Å². The van der Waals surface area contributed by atoms with Crippen LogP contribution in [-0.2, 0) is 20.7 Å². The number of likely N-dealkylation sites (tertiary alicyclic amines) is 2. The normalized spacial score (nSPS) is 23.5. The van der Waals surface area contributed by atoms with Crippen molar-refractivity contribution in [1.82, 2.24) is 35.0 Å². The van der Waals surface area contributed by atoms with Crippen LogP contribution in [-0.4, -0.2) is 79.2 Å². The maximum atomic E-state index is 13.2. The number of amides is 1. The average Bonchev–Trinajstić information content (AvgIpc) is 3.50. The summed E-state index contributed by atoms with van der Waals surface area (Å²) < 4.78 is 6.71. The molecule has 0 saturated carbocycles. The molecule has 0 radical (unpaired) electrons. The van der Waals surface area contributed by atoms with Crippen molar-refractivity contribution in [3.05, 3.63) is 42.0 Å². The molecule has 10 nitrogen and oxygen atoms in total. The maximum absolute atomic E-state index is 13.2. The van der Waals surface area contributed by atoms with Crippen LogP contribution in [0.5, 0.6) is 0 Å². The summed E-state index contributed by atoms with van der Waals surface area (Å²) in [7, 11) is 0. The van der Waals surface area contributed by atoms with E-state index in [2.05, 4.69) is 25.4 Å². The van der Waals surface area contributed by atoms with Gasteiger partial charge in [0.2, 0.25) is 5.91 Å². The van der Waals surface area contributed by atoms with Crippen molar-refractivity contribution in [1.29, 1.82) is 0 Å². The molecule has 2 aromatic heterocycles. The number of pyridine rings is 1. The number of carbonyl (C=O) groups excluding carboxylic acids is 2. The van der Waals surface area contributed by atoms with E-state index < -0.39 is 0 Å². The van der Waals surface area contributed by atoms with E-state index in [9.17, 15) is 9.59 Å². The minimum absolute atomic E-state index is 0.158. The SMILES string of the molecule is CC1OC(=O)C=C1N1CCC2(CCN(CCc3ccc(-n4cnnn4)nc3)CC2)C1=O. The Kier molecular flexibility index (Phi) is 5.01. The van der Waals surface area contributed by atoms with Crippen molar-refractivity contribution in [2.75, 3.05) is 26.2 Å². The zero-order valence-electron chi connectivity index (χ0n) is 17.5. The number of cyclic esters (lactones) is 1. The molecule has 1 amide bonds. The van der Waals surface area contributed by atoms with Crippen LogP contribution in [0, 0.1) is 5.41 Å². The van der Waals surface area contributed by atoms with Gasteiger partial charge in [-0.15, -0.1) is 5.10 Å². The minimum atomic E-state index is -0.355. The molecule has 2 fully saturated rings. The Morgan fingerprint density at radius 1 is 1.16 bits per heavy atom. The van der Waals surface area contributed by atoms with Gasteiger partial charge in [0.05, 0.1) is 11.1 Å². The van der Waals surface area contributed by atoms with Gasteiger partial charge in [0.25, 0.3) is 0 Å². The van der Waals surface area contributed by atoms with Crippen LogP contribution in [0.25, 0.3) is 5.82 Å². The number of ether oxygens (including phenoxy) is 1. The highest BCUT2D eigenvalue weighted by molar-refractivity contribution is 5.91.